The van der Waals surface area contributed by atoms with E-state index in [-0.39, 0.29) is 11.0 Å². The maximum Gasteiger partial charge on any atom is 0.194 e. The summed E-state index contributed by atoms with van der Waals surface area (Å²) in [4.78, 5) is 11.3. The Kier molecular flexibility index (Phi) is 4.60. The number of rotatable bonds is 3. The fourth-order valence-electron chi connectivity index (χ4n) is 3.11. The summed E-state index contributed by atoms with van der Waals surface area (Å²) in [6, 6.07) is 0. The molecular weight excluding hydrogens is 288 g/mol. The number of hydrogen-bond donors (Lipinski definition) is 1. The van der Waals surface area contributed by atoms with E-state index in [2.05, 4.69) is 54.8 Å². The second-order valence-electron chi connectivity index (χ2n) is 7.48. The second-order valence-corrected chi connectivity index (χ2v) is 7.48. The van der Waals surface area contributed by atoms with E-state index in [0.29, 0.717) is 6.54 Å². The highest BCUT2D eigenvalue weighted by Gasteiger charge is 2.53. The van der Waals surface area contributed by atoms with Gasteiger partial charge in [-0.1, -0.05) is 13.8 Å². The number of aromatic nitrogens is 1. The monoisotopic (exact) mass is 318 g/mol. The van der Waals surface area contributed by atoms with E-state index in [0.717, 1.165) is 35.1 Å². The quantitative estimate of drug-likeness (QED) is 0.688. The zero-order valence-electron chi connectivity index (χ0n) is 15.7. The molecular formula is C18H30N4O. The maximum absolute atomic E-state index is 5.48. The third-order valence-electron chi connectivity index (χ3n) is 5.52. The van der Waals surface area contributed by atoms with Gasteiger partial charge in [-0.15, -0.1) is 0 Å². The van der Waals surface area contributed by atoms with Crippen molar-refractivity contribution in [2.24, 2.45) is 10.4 Å². The van der Waals surface area contributed by atoms with Crippen LogP contribution < -0.4 is 10.1 Å². The lowest BCUT2D eigenvalue weighted by Gasteiger charge is -2.62. The number of aliphatic imine (C=N–C) groups is 1. The third-order valence-corrected chi connectivity index (χ3v) is 5.52. The van der Waals surface area contributed by atoms with Crippen LogP contribution in [-0.4, -0.2) is 42.1 Å². The molecule has 0 atom stereocenters. The lowest BCUT2D eigenvalue weighted by atomic mass is 9.65. The Morgan fingerprint density at radius 3 is 2.48 bits per heavy atom. The minimum absolute atomic E-state index is 0.0856. The van der Waals surface area contributed by atoms with Crippen LogP contribution in [0, 0.1) is 19.3 Å². The first-order valence-corrected chi connectivity index (χ1v) is 8.13. The maximum atomic E-state index is 5.48. The molecule has 0 saturated carbocycles. The lowest BCUT2D eigenvalue weighted by Crippen LogP contribution is -2.72. The Hall–Kier alpha value is -1.78. The van der Waals surface area contributed by atoms with Crippen LogP contribution in [-0.2, 0) is 6.54 Å². The van der Waals surface area contributed by atoms with Crippen molar-refractivity contribution in [3.63, 3.8) is 0 Å². The molecule has 2 rings (SSSR count). The van der Waals surface area contributed by atoms with E-state index in [4.69, 9.17) is 4.74 Å². The van der Waals surface area contributed by atoms with Crippen LogP contribution in [0.3, 0.4) is 0 Å². The van der Waals surface area contributed by atoms with Crippen LogP contribution in [0.4, 0.5) is 0 Å². The molecule has 0 bridgehead atoms. The zero-order valence-corrected chi connectivity index (χ0v) is 15.7. The summed E-state index contributed by atoms with van der Waals surface area (Å²) >= 11 is 0. The average Bonchev–Trinajstić information content (AvgIpc) is 2.49. The van der Waals surface area contributed by atoms with Crippen LogP contribution in [0.1, 0.15) is 44.5 Å². The zero-order chi connectivity index (χ0) is 17.4. The molecule has 0 radical (unpaired) electrons. The van der Waals surface area contributed by atoms with Gasteiger partial charge in [-0.3, -0.25) is 9.98 Å². The predicted molar refractivity (Wildman–Crippen MR) is 95.0 cm³/mol. The molecule has 1 saturated heterocycles. The summed E-state index contributed by atoms with van der Waals surface area (Å²) in [5.74, 6) is 1.84. The number of likely N-dealkylation sites (tertiary alicyclic amines) is 1. The summed E-state index contributed by atoms with van der Waals surface area (Å²) in [7, 11) is 3.54. The number of aryl methyl sites for hydroxylation is 1. The Morgan fingerprint density at radius 2 is 2.00 bits per heavy atom. The van der Waals surface area contributed by atoms with Gasteiger partial charge < -0.3 is 15.0 Å². The SMILES string of the molecule is CN=C(NCc1ncc(C)c(OC)c1C)N1CC(C)(C)C1(C)C. The highest BCUT2D eigenvalue weighted by Crippen LogP contribution is 2.46. The number of ether oxygens (including phenoxy) is 1. The van der Waals surface area contributed by atoms with E-state index >= 15 is 0 Å². The van der Waals surface area contributed by atoms with Gasteiger partial charge in [0.15, 0.2) is 5.96 Å². The first-order chi connectivity index (χ1) is 10.7. The van der Waals surface area contributed by atoms with Crippen LogP contribution >= 0.6 is 0 Å². The Balaban J connectivity index is 2.12. The minimum atomic E-state index is 0.0856. The number of hydrogen-bond acceptors (Lipinski definition) is 3. The molecule has 2 heterocycles. The molecule has 128 valence electrons. The van der Waals surface area contributed by atoms with Gasteiger partial charge in [0.25, 0.3) is 0 Å². The predicted octanol–water partition coefficient (Wildman–Crippen LogP) is 2.90. The standard InChI is InChI=1S/C18H30N4O/c1-12-9-20-14(13(2)15(12)23-8)10-21-16(19-7)22-11-17(3,4)18(22,5)6/h9H,10-11H2,1-8H3,(H,19,21). The van der Waals surface area contributed by atoms with Gasteiger partial charge in [0.05, 0.1) is 19.3 Å². The Labute approximate surface area is 140 Å². The van der Waals surface area contributed by atoms with E-state index in [1.807, 2.05) is 20.2 Å². The van der Waals surface area contributed by atoms with Crippen molar-refractivity contribution in [1.82, 2.24) is 15.2 Å². The smallest absolute Gasteiger partial charge is 0.194 e. The van der Waals surface area contributed by atoms with Crippen molar-refractivity contribution in [2.75, 3.05) is 20.7 Å². The second kappa shape index (κ2) is 6.02. The molecule has 1 aliphatic heterocycles. The molecule has 1 aromatic rings. The van der Waals surface area contributed by atoms with Crippen LogP contribution in [0.5, 0.6) is 5.75 Å². The normalized spacial score (nSPS) is 19.3. The molecule has 1 N–H and O–H groups in total. The highest BCUT2D eigenvalue weighted by molar-refractivity contribution is 5.82. The summed E-state index contributed by atoms with van der Waals surface area (Å²) < 4.78 is 5.48. The Bertz CT molecular complexity index is 620. The van der Waals surface area contributed by atoms with Crippen LogP contribution in [0.25, 0.3) is 0 Å². The van der Waals surface area contributed by atoms with Crippen molar-refractivity contribution < 1.29 is 4.74 Å². The average molecular weight is 318 g/mol. The molecule has 0 aromatic carbocycles. The van der Waals surface area contributed by atoms with Gasteiger partial charge in [0, 0.05) is 41.9 Å². The first-order valence-electron chi connectivity index (χ1n) is 8.13. The van der Waals surface area contributed by atoms with Gasteiger partial charge in [0.1, 0.15) is 5.75 Å². The van der Waals surface area contributed by atoms with Gasteiger partial charge in [0.2, 0.25) is 0 Å². The molecule has 0 aliphatic carbocycles. The van der Waals surface area contributed by atoms with Gasteiger partial charge in [-0.25, -0.2) is 0 Å². The van der Waals surface area contributed by atoms with Gasteiger partial charge in [-0.05, 0) is 27.7 Å². The third kappa shape index (κ3) is 2.89. The molecule has 1 aromatic heterocycles. The Morgan fingerprint density at radius 1 is 1.35 bits per heavy atom. The van der Waals surface area contributed by atoms with E-state index < -0.39 is 0 Å². The minimum Gasteiger partial charge on any atom is -0.496 e. The fourth-order valence-corrected chi connectivity index (χ4v) is 3.11. The summed E-state index contributed by atoms with van der Waals surface area (Å²) in [5.41, 5.74) is 3.50. The summed E-state index contributed by atoms with van der Waals surface area (Å²) in [6.07, 6.45) is 1.86. The largest absolute Gasteiger partial charge is 0.496 e. The number of nitrogens with one attached hydrogen (secondary N) is 1. The van der Waals surface area contributed by atoms with E-state index in [1.165, 1.54) is 0 Å². The molecule has 0 amide bonds. The summed E-state index contributed by atoms with van der Waals surface area (Å²) in [5, 5.41) is 3.45. The van der Waals surface area contributed by atoms with Crippen LogP contribution in [0.15, 0.2) is 11.2 Å². The highest BCUT2D eigenvalue weighted by atomic mass is 16.5. The molecule has 1 aliphatic rings. The first kappa shape index (κ1) is 17.6. The van der Waals surface area contributed by atoms with Gasteiger partial charge >= 0.3 is 0 Å². The van der Waals surface area contributed by atoms with Crippen LogP contribution in [0.2, 0.25) is 0 Å². The van der Waals surface area contributed by atoms with Crippen molar-refractivity contribution in [3.05, 3.63) is 23.0 Å². The van der Waals surface area contributed by atoms with Crippen molar-refractivity contribution in [2.45, 2.75) is 53.6 Å². The molecule has 5 heteroatoms. The number of guanidine groups is 1. The number of pyridine rings is 1. The molecule has 0 spiro atoms. The number of nitrogens with zero attached hydrogens (tertiary/aromatic N) is 3. The molecule has 23 heavy (non-hydrogen) atoms. The lowest BCUT2D eigenvalue weighted by molar-refractivity contribution is -0.0668. The van der Waals surface area contributed by atoms with E-state index in [9.17, 15) is 0 Å². The molecule has 1 fully saturated rings. The molecule has 5 nitrogen and oxygen atoms in total. The van der Waals surface area contributed by atoms with Crippen molar-refractivity contribution >= 4 is 5.96 Å². The fraction of sp³-hybridized carbons (Fsp3) is 0.667. The van der Waals surface area contributed by atoms with Gasteiger partial charge in [-0.2, -0.15) is 0 Å². The van der Waals surface area contributed by atoms with E-state index in [1.54, 1.807) is 7.11 Å². The van der Waals surface area contributed by atoms with Crippen molar-refractivity contribution in [3.8, 4) is 5.75 Å². The number of methoxy groups -OCH3 is 1. The topological polar surface area (TPSA) is 49.8 Å². The summed E-state index contributed by atoms with van der Waals surface area (Å²) in [6.45, 7) is 14.8. The van der Waals surface area contributed by atoms with Crippen molar-refractivity contribution in [1.29, 1.82) is 0 Å². The molecule has 0 unspecified atom stereocenters.